The smallest absolute Gasteiger partial charge is 0.314 e. The van der Waals surface area contributed by atoms with E-state index in [2.05, 4.69) is 19.2 Å². The summed E-state index contributed by atoms with van der Waals surface area (Å²) in [5.74, 6) is -0.160. The molecule has 0 saturated heterocycles. The van der Waals surface area contributed by atoms with Gasteiger partial charge in [-0.25, -0.2) is 0 Å². The molecule has 0 spiro atoms. The van der Waals surface area contributed by atoms with Crippen LogP contribution in [0.4, 0.5) is 0 Å². The average molecular weight is 279 g/mol. The molecule has 0 aliphatic rings. The fourth-order valence-corrected chi connectivity index (χ4v) is 2.24. The summed E-state index contributed by atoms with van der Waals surface area (Å²) in [4.78, 5) is 11.9. The van der Waals surface area contributed by atoms with E-state index in [1.807, 2.05) is 30.3 Å². The minimum atomic E-state index is -0.318. The van der Waals surface area contributed by atoms with Crippen molar-refractivity contribution in [2.24, 2.45) is 5.92 Å². The Morgan fingerprint density at radius 1 is 1.30 bits per heavy atom. The van der Waals surface area contributed by atoms with Crippen molar-refractivity contribution in [2.45, 2.75) is 32.2 Å². The average Bonchev–Trinajstić information content (AvgIpc) is 2.46. The first kappa shape index (κ1) is 16.7. The van der Waals surface area contributed by atoms with Crippen LogP contribution in [0.2, 0.25) is 0 Å². The van der Waals surface area contributed by atoms with Gasteiger partial charge in [-0.1, -0.05) is 44.2 Å². The number of ether oxygens (including phenoxy) is 1. The number of hydrogen-bond acceptors (Lipinski definition) is 4. The first-order valence-corrected chi connectivity index (χ1v) is 7.07. The molecule has 0 radical (unpaired) electrons. The number of nitrogens with one attached hydrogen (secondary N) is 1. The summed E-state index contributed by atoms with van der Waals surface area (Å²) in [6, 6.07) is 9.81. The Morgan fingerprint density at radius 2 is 1.95 bits per heavy atom. The predicted molar refractivity (Wildman–Crippen MR) is 79.5 cm³/mol. The molecule has 0 heterocycles. The van der Waals surface area contributed by atoms with Crippen LogP contribution in [0.25, 0.3) is 0 Å². The van der Waals surface area contributed by atoms with Crippen LogP contribution in [0.3, 0.4) is 0 Å². The Balaban J connectivity index is 2.73. The van der Waals surface area contributed by atoms with Crippen molar-refractivity contribution in [1.82, 2.24) is 5.32 Å². The van der Waals surface area contributed by atoms with Crippen LogP contribution in [-0.4, -0.2) is 37.4 Å². The quantitative estimate of drug-likeness (QED) is 0.714. The van der Waals surface area contributed by atoms with Gasteiger partial charge in [-0.2, -0.15) is 0 Å². The molecule has 2 N–H and O–H groups in total. The summed E-state index contributed by atoms with van der Waals surface area (Å²) in [5.41, 5.74) is 0.943. The number of carbonyl (C=O) groups excluding carboxylic acids is 1. The Kier molecular flexibility index (Phi) is 7.26. The lowest BCUT2D eigenvalue weighted by Gasteiger charge is -2.24. The molecule has 4 nitrogen and oxygen atoms in total. The molecule has 0 saturated carbocycles. The van der Waals surface area contributed by atoms with Gasteiger partial charge in [0.05, 0.1) is 13.0 Å². The number of rotatable bonds is 8. The zero-order valence-electron chi connectivity index (χ0n) is 12.5. The molecular formula is C16H25NO3. The lowest BCUT2D eigenvalue weighted by atomic mass is 9.96. The van der Waals surface area contributed by atoms with E-state index >= 15 is 0 Å². The molecule has 0 amide bonds. The molecule has 0 bridgehead atoms. The molecule has 1 aromatic rings. The second-order valence-corrected chi connectivity index (χ2v) is 5.26. The minimum absolute atomic E-state index is 0.143. The van der Waals surface area contributed by atoms with Gasteiger partial charge in [-0.05, 0) is 17.9 Å². The standard InChI is InChI=1S/C16H25NO3/c1-12(2)15(9-10-18)17-11-14(16(19)20-3)13-7-5-4-6-8-13/h4-8,12,14-15,17-18H,9-11H2,1-3H3. The summed E-state index contributed by atoms with van der Waals surface area (Å²) in [5, 5.41) is 12.5. The zero-order valence-corrected chi connectivity index (χ0v) is 12.5. The van der Waals surface area contributed by atoms with Crippen LogP contribution in [-0.2, 0) is 9.53 Å². The first-order valence-electron chi connectivity index (χ1n) is 7.07. The summed E-state index contributed by atoms with van der Waals surface area (Å²) in [6.07, 6.45) is 0.681. The number of carbonyl (C=O) groups is 1. The maximum absolute atomic E-state index is 11.9. The molecular weight excluding hydrogens is 254 g/mol. The highest BCUT2D eigenvalue weighted by Crippen LogP contribution is 2.17. The second-order valence-electron chi connectivity index (χ2n) is 5.26. The molecule has 0 aliphatic heterocycles. The topological polar surface area (TPSA) is 58.6 Å². The van der Waals surface area contributed by atoms with Crippen molar-refractivity contribution in [3.8, 4) is 0 Å². The molecule has 2 atom stereocenters. The highest BCUT2D eigenvalue weighted by atomic mass is 16.5. The third-order valence-corrected chi connectivity index (χ3v) is 3.52. The van der Waals surface area contributed by atoms with Gasteiger partial charge in [0.15, 0.2) is 0 Å². The molecule has 0 aliphatic carbocycles. The van der Waals surface area contributed by atoms with Gasteiger partial charge in [-0.3, -0.25) is 4.79 Å². The number of aliphatic hydroxyl groups is 1. The van der Waals surface area contributed by atoms with E-state index in [1.54, 1.807) is 0 Å². The van der Waals surface area contributed by atoms with Gasteiger partial charge in [0.25, 0.3) is 0 Å². The van der Waals surface area contributed by atoms with Gasteiger partial charge >= 0.3 is 5.97 Å². The zero-order chi connectivity index (χ0) is 15.0. The Bertz CT molecular complexity index is 392. The summed E-state index contributed by atoms with van der Waals surface area (Å²) in [6.45, 7) is 4.86. The van der Waals surface area contributed by atoms with Gasteiger partial charge in [0.1, 0.15) is 0 Å². The van der Waals surface area contributed by atoms with Crippen molar-refractivity contribution >= 4 is 5.97 Å². The van der Waals surface area contributed by atoms with Crippen LogP contribution < -0.4 is 5.32 Å². The molecule has 1 rings (SSSR count). The lowest BCUT2D eigenvalue weighted by molar-refractivity contribution is -0.142. The van der Waals surface area contributed by atoms with Gasteiger partial charge < -0.3 is 15.2 Å². The van der Waals surface area contributed by atoms with Gasteiger partial charge in [0.2, 0.25) is 0 Å². The van der Waals surface area contributed by atoms with Crippen molar-refractivity contribution in [3.05, 3.63) is 35.9 Å². The monoisotopic (exact) mass is 279 g/mol. The molecule has 112 valence electrons. The van der Waals surface area contributed by atoms with Gasteiger partial charge in [0, 0.05) is 19.2 Å². The van der Waals surface area contributed by atoms with Crippen LogP contribution in [0.1, 0.15) is 31.7 Å². The normalized spacial score (nSPS) is 14.1. The fourth-order valence-electron chi connectivity index (χ4n) is 2.24. The summed E-state index contributed by atoms with van der Waals surface area (Å²) >= 11 is 0. The molecule has 2 unspecified atom stereocenters. The third-order valence-electron chi connectivity index (χ3n) is 3.52. The summed E-state index contributed by atoms with van der Waals surface area (Å²) in [7, 11) is 1.41. The van der Waals surface area contributed by atoms with E-state index in [1.165, 1.54) is 7.11 Å². The number of methoxy groups -OCH3 is 1. The first-order chi connectivity index (χ1) is 9.60. The summed E-state index contributed by atoms with van der Waals surface area (Å²) < 4.78 is 4.89. The van der Waals surface area contributed by atoms with Crippen molar-refractivity contribution in [1.29, 1.82) is 0 Å². The Labute approximate surface area is 121 Å². The van der Waals surface area contributed by atoms with Crippen LogP contribution >= 0.6 is 0 Å². The number of aliphatic hydroxyl groups excluding tert-OH is 1. The Morgan fingerprint density at radius 3 is 2.45 bits per heavy atom. The molecule has 1 aromatic carbocycles. The highest BCUT2D eigenvalue weighted by molar-refractivity contribution is 5.78. The van der Waals surface area contributed by atoms with Crippen molar-refractivity contribution in [2.75, 3.05) is 20.3 Å². The van der Waals surface area contributed by atoms with E-state index < -0.39 is 0 Å². The second kappa shape index (κ2) is 8.72. The van der Waals surface area contributed by atoms with E-state index in [4.69, 9.17) is 9.84 Å². The lowest BCUT2D eigenvalue weighted by Crippen LogP contribution is -2.39. The Hall–Kier alpha value is -1.39. The third kappa shape index (κ3) is 4.94. The predicted octanol–water partition coefficient (Wildman–Crippen LogP) is 1.94. The molecule has 0 fully saturated rings. The number of esters is 1. The van der Waals surface area contributed by atoms with Crippen LogP contribution in [0.5, 0.6) is 0 Å². The van der Waals surface area contributed by atoms with Crippen LogP contribution in [0, 0.1) is 5.92 Å². The maximum atomic E-state index is 11.9. The van der Waals surface area contributed by atoms with E-state index in [0.29, 0.717) is 18.9 Å². The van der Waals surface area contributed by atoms with Crippen molar-refractivity contribution < 1.29 is 14.6 Å². The molecule has 0 aromatic heterocycles. The number of benzene rings is 1. The van der Waals surface area contributed by atoms with E-state index in [0.717, 1.165) is 5.56 Å². The maximum Gasteiger partial charge on any atom is 0.314 e. The highest BCUT2D eigenvalue weighted by Gasteiger charge is 2.23. The van der Waals surface area contributed by atoms with E-state index in [-0.39, 0.29) is 24.5 Å². The fraction of sp³-hybridized carbons (Fsp3) is 0.562. The number of hydrogen-bond donors (Lipinski definition) is 2. The van der Waals surface area contributed by atoms with Gasteiger partial charge in [-0.15, -0.1) is 0 Å². The molecule has 20 heavy (non-hydrogen) atoms. The SMILES string of the molecule is COC(=O)C(CNC(CCO)C(C)C)c1ccccc1. The van der Waals surface area contributed by atoms with E-state index in [9.17, 15) is 4.79 Å². The minimum Gasteiger partial charge on any atom is -0.469 e. The van der Waals surface area contributed by atoms with Crippen molar-refractivity contribution in [3.63, 3.8) is 0 Å². The molecule has 4 heteroatoms. The largest absolute Gasteiger partial charge is 0.469 e. The van der Waals surface area contributed by atoms with Crippen LogP contribution in [0.15, 0.2) is 30.3 Å².